The zero-order valence-corrected chi connectivity index (χ0v) is 13.7. The van der Waals surface area contributed by atoms with E-state index in [-0.39, 0.29) is 29.1 Å². The summed E-state index contributed by atoms with van der Waals surface area (Å²) in [5, 5.41) is 5.87. The molecule has 1 saturated heterocycles. The highest BCUT2D eigenvalue weighted by molar-refractivity contribution is 7.91. The topological polar surface area (TPSA) is 101 Å². The molecule has 1 unspecified atom stereocenters. The molecule has 1 fully saturated rings. The quantitative estimate of drug-likeness (QED) is 0.804. The number of anilines is 1. The summed E-state index contributed by atoms with van der Waals surface area (Å²) in [7, 11) is -2.95. The Bertz CT molecular complexity index is 631. The fraction of sp³-hybridized carbons (Fsp3) is 0.643. The number of hydrogen-bond donors (Lipinski definition) is 2. The van der Waals surface area contributed by atoms with Gasteiger partial charge < -0.3 is 10.6 Å². The SMILES string of the molecule is CC(C)CCNC(=O)c1cc(NC2CCS(=O)(=O)C2)ncn1. The second kappa shape index (κ2) is 7.04. The van der Waals surface area contributed by atoms with Gasteiger partial charge in [-0.15, -0.1) is 0 Å². The molecule has 0 aromatic carbocycles. The molecule has 2 N–H and O–H groups in total. The van der Waals surface area contributed by atoms with Crippen LogP contribution in [0.3, 0.4) is 0 Å². The smallest absolute Gasteiger partial charge is 0.270 e. The molecule has 2 heterocycles. The molecule has 1 aliphatic heterocycles. The first-order valence-electron chi connectivity index (χ1n) is 7.43. The van der Waals surface area contributed by atoms with E-state index >= 15 is 0 Å². The molecule has 0 spiro atoms. The minimum Gasteiger partial charge on any atom is -0.366 e. The average molecular weight is 326 g/mol. The van der Waals surface area contributed by atoms with Crippen LogP contribution in [0.2, 0.25) is 0 Å². The molecule has 1 atom stereocenters. The van der Waals surface area contributed by atoms with Crippen molar-refractivity contribution in [3.8, 4) is 0 Å². The van der Waals surface area contributed by atoms with Gasteiger partial charge in [0.25, 0.3) is 5.91 Å². The lowest BCUT2D eigenvalue weighted by atomic mass is 10.1. The Morgan fingerprint density at radius 2 is 2.18 bits per heavy atom. The molecule has 1 aromatic rings. The van der Waals surface area contributed by atoms with Gasteiger partial charge in [-0.2, -0.15) is 0 Å². The van der Waals surface area contributed by atoms with Crippen LogP contribution < -0.4 is 10.6 Å². The van der Waals surface area contributed by atoms with Gasteiger partial charge in [0.05, 0.1) is 11.5 Å². The van der Waals surface area contributed by atoms with Crippen molar-refractivity contribution in [3.05, 3.63) is 18.1 Å². The Kier molecular flexibility index (Phi) is 5.33. The molecule has 0 bridgehead atoms. The number of amides is 1. The summed E-state index contributed by atoms with van der Waals surface area (Å²) < 4.78 is 22.9. The minimum absolute atomic E-state index is 0.104. The number of carbonyl (C=O) groups is 1. The summed E-state index contributed by atoms with van der Waals surface area (Å²) in [5.41, 5.74) is 0.280. The van der Waals surface area contributed by atoms with Crippen molar-refractivity contribution in [3.63, 3.8) is 0 Å². The number of nitrogens with zero attached hydrogens (tertiary/aromatic N) is 2. The lowest BCUT2D eigenvalue weighted by Crippen LogP contribution is -2.27. The van der Waals surface area contributed by atoms with Crippen LogP contribution in [0.1, 0.15) is 37.2 Å². The van der Waals surface area contributed by atoms with Gasteiger partial charge in [-0.05, 0) is 18.8 Å². The summed E-state index contributed by atoms with van der Waals surface area (Å²) in [6, 6.07) is 1.40. The third-order valence-corrected chi connectivity index (χ3v) is 5.26. The molecular weight excluding hydrogens is 304 g/mol. The number of hydrogen-bond acceptors (Lipinski definition) is 6. The highest BCUT2D eigenvalue weighted by Crippen LogP contribution is 2.16. The van der Waals surface area contributed by atoms with Crippen molar-refractivity contribution >= 4 is 21.6 Å². The Hall–Kier alpha value is -1.70. The van der Waals surface area contributed by atoms with Crippen LogP contribution in [-0.4, -0.2) is 48.4 Å². The summed E-state index contributed by atoms with van der Waals surface area (Å²) >= 11 is 0. The fourth-order valence-electron chi connectivity index (χ4n) is 2.24. The summed E-state index contributed by atoms with van der Waals surface area (Å²) in [5.74, 6) is 1.05. The first kappa shape index (κ1) is 16.7. The largest absolute Gasteiger partial charge is 0.366 e. The molecule has 1 aliphatic rings. The maximum absolute atomic E-state index is 12.0. The van der Waals surface area contributed by atoms with Gasteiger partial charge in [-0.25, -0.2) is 18.4 Å². The number of nitrogens with one attached hydrogen (secondary N) is 2. The third-order valence-electron chi connectivity index (χ3n) is 3.49. The zero-order chi connectivity index (χ0) is 16.2. The zero-order valence-electron chi connectivity index (χ0n) is 12.9. The van der Waals surface area contributed by atoms with Crippen molar-refractivity contribution in [1.29, 1.82) is 0 Å². The summed E-state index contributed by atoms with van der Waals surface area (Å²) in [6.07, 6.45) is 2.77. The van der Waals surface area contributed by atoms with Crippen LogP contribution in [-0.2, 0) is 9.84 Å². The summed E-state index contributed by atoms with van der Waals surface area (Å²) in [6.45, 7) is 4.78. The van der Waals surface area contributed by atoms with E-state index in [1.165, 1.54) is 6.33 Å². The number of carbonyl (C=O) groups excluding carboxylic acids is 1. The predicted octanol–water partition coefficient (Wildman–Crippen LogP) is 0.851. The second-order valence-corrected chi connectivity index (χ2v) is 8.20. The summed E-state index contributed by atoms with van der Waals surface area (Å²) in [4.78, 5) is 20.0. The molecule has 122 valence electrons. The Labute approximate surface area is 130 Å². The lowest BCUT2D eigenvalue weighted by Gasteiger charge is -2.12. The first-order valence-corrected chi connectivity index (χ1v) is 9.25. The molecule has 0 saturated carbocycles. The van der Waals surface area contributed by atoms with Gasteiger partial charge in [0, 0.05) is 18.7 Å². The second-order valence-electron chi connectivity index (χ2n) is 5.97. The number of aromatic nitrogens is 2. The van der Waals surface area contributed by atoms with Gasteiger partial charge in [-0.3, -0.25) is 4.79 Å². The Morgan fingerprint density at radius 1 is 1.41 bits per heavy atom. The van der Waals surface area contributed by atoms with Crippen molar-refractivity contribution in [2.75, 3.05) is 23.4 Å². The van der Waals surface area contributed by atoms with Gasteiger partial charge >= 0.3 is 0 Å². The van der Waals surface area contributed by atoms with E-state index < -0.39 is 9.84 Å². The fourth-order valence-corrected chi connectivity index (χ4v) is 3.92. The van der Waals surface area contributed by atoms with Crippen molar-refractivity contribution < 1.29 is 13.2 Å². The predicted molar refractivity (Wildman–Crippen MR) is 84.5 cm³/mol. The van der Waals surface area contributed by atoms with Crippen LogP contribution in [0, 0.1) is 5.92 Å². The van der Waals surface area contributed by atoms with Crippen LogP contribution in [0.5, 0.6) is 0 Å². The molecule has 8 heteroatoms. The van der Waals surface area contributed by atoms with Gasteiger partial charge in [0.1, 0.15) is 17.8 Å². The molecule has 22 heavy (non-hydrogen) atoms. The standard InChI is InChI=1S/C14H22N4O3S/c1-10(2)3-5-15-14(19)12-7-13(17-9-16-12)18-11-4-6-22(20,21)8-11/h7,9-11H,3-6,8H2,1-2H3,(H,15,19)(H,16,17,18). The highest BCUT2D eigenvalue weighted by atomic mass is 32.2. The van der Waals surface area contributed by atoms with E-state index in [0.717, 1.165) is 6.42 Å². The van der Waals surface area contributed by atoms with E-state index in [2.05, 4.69) is 34.4 Å². The molecule has 0 radical (unpaired) electrons. The van der Waals surface area contributed by atoms with Crippen LogP contribution >= 0.6 is 0 Å². The van der Waals surface area contributed by atoms with Gasteiger partial charge in [0.15, 0.2) is 9.84 Å². The van der Waals surface area contributed by atoms with Gasteiger partial charge in [-0.1, -0.05) is 13.8 Å². The maximum atomic E-state index is 12.0. The molecule has 1 aromatic heterocycles. The van der Waals surface area contributed by atoms with Crippen LogP contribution in [0.4, 0.5) is 5.82 Å². The normalized spacial score (nSPS) is 20.0. The minimum atomic E-state index is -2.95. The first-order chi connectivity index (χ1) is 10.4. The average Bonchev–Trinajstić information content (AvgIpc) is 2.77. The Morgan fingerprint density at radius 3 is 2.82 bits per heavy atom. The number of sulfone groups is 1. The molecule has 7 nitrogen and oxygen atoms in total. The molecule has 2 rings (SSSR count). The van der Waals surface area contributed by atoms with Crippen molar-refractivity contribution in [2.45, 2.75) is 32.7 Å². The lowest BCUT2D eigenvalue weighted by molar-refractivity contribution is 0.0947. The van der Waals surface area contributed by atoms with E-state index in [1.54, 1.807) is 6.07 Å². The van der Waals surface area contributed by atoms with Crippen molar-refractivity contribution in [2.24, 2.45) is 5.92 Å². The highest BCUT2D eigenvalue weighted by Gasteiger charge is 2.28. The van der Waals surface area contributed by atoms with E-state index in [9.17, 15) is 13.2 Å². The van der Waals surface area contributed by atoms with Gasteiger partial charge in [0.2, 0.25) is 0 Å². The van der Waals surface area contributed by atoms with Crippen LogP contribution in [0.15, 0.2) is 12.4 Å². The number of rotatable bonds is 6. The van der Waals surface area contributed by atoms with E-state index in [4.69, 9.17) is 0 Å². The molecular formula is C14H22N4O3S. The third kappa shape index (κ3) is 4.94. The van der Waals surface area contributed by atoms with E-state index in [0.29, 0.717) is 24.7 Å². The van der Waals surface area contributed by atoms with Crippen molar-refractivity contribution in [1.82, 2.24) is 15.3 Å². The van der Waals surface area contributed by atoms with E-state index in [1.807, 2.05) is 0 Å². The Balaban J connectivity index is 1.93. The molecule has 0 aliphatic carbocycles. The maximum Gasteiger partial charge on any atom is 0.270 e. The van der Waals surface area contributed by atoms with Crippen LogP contribution in [0.25, 0.3) is 0 Å². The monoisotopic (exact) mass is 326 g/mol. The molecule has 1 amide bonds.